The van der Waals surface area contributed by atoms with Crippen LogP contribution in [0.3, 0.4) is 0 Å². The molecule has 3 aromatic carbocycles. The van der Waals surface area contributed by atoms with E-state index in [-0.39, 0.29) is 0 Å². The summed E-state index contributed by atoms with van der Waals surface area (Å²) < 4.78 is 0. The van der Waals surface area contributed by atoms with Crippen LogP contribution in [0.4, 0.5) is 0 Å². The Morgan fingerprint density at radius 3 is 2.26 bits per heavy atom. The van der Waals surface area contributed by atoms with Gasteiger partial charge in [-0.3, -0.25) is 0 Å². The molecule has 0 N–H and O–H groups in total. The first-order valence-corrected chi connectivity index (χ1v) is 9.20. The van der Waals surface area contributed by atoms with Crippen molar-refractivity contribution < 1.29 is 0 Å². The molecule has 0 amide bonds. The van der Waals surface area contributed by atoms with Crippen LogP contribution in [0.15, 0.2) is 66.9 Å². The van der Waals surface area contributed by atoms with Gasteiger partial charge < -0.3 is 0 Å². The SMILES string of the molecule is Cc1c(C)c(-c2ccccc2)c2c(c1-c1ccnnn1)Cc1ccccc1-2. The van der Waals surface area contributed by atoms with Gasteiger partial charge in [-0.2, -0.15) is 0 Å². The summed E-state index contributed by atoms with van der Waals surface area (Å²) in [7, 11) is 0. The Morgan fingerprint density at radius 1 is 0.741 bits per heavy atom. The molecule has 3 nitrogen and oxygen atoms in total. The molecule has 0 bridgehead atoms. The third-order valence-electron chi connectivity index (χ3n) is 5.64. The second-order valence-electron chi connectivity index (χ2n) is 7.06. The molecule has 1 aromatic heterocycles. The highest BCUT2D eigenvalue weighted by Crippen LogP contribution is 2.49. The summed E-state index contributed by atoms with van der Waals surface area (Å²) in [6.07, 6.45) is 2.64. The molecule has 0 atom stereocenters. The van der Waals surface area contributed by atoms with Crippen LogP contribution in [-0.4, -0.2) is 15.4 Å². The summed E-state index contributed by atoms with van der Waals surface area (Å²) in [5, 5.41) is 12.1. The molecular formula is C24H19N3. The Morgan fingerprint density at radius 2 is 1.48 bits per heavy atom. The predicted molar refractivity (Wildman–Crippen MR) is 108 cm³/mol. The largest absolute Gasteiger partial charge is 0.139 e. The maximum absolute atomic E-state index is 4.33. The number of nitrogens with zero attached hydrogens (tertiary/aromatic N) is 3. The smallest absolute Gasteiger partial charge is 0.0969 e. The Labute approximate surface area is 158 Å². The fourth-order valence-electron chi connectivity index (χ4n) is 4.33. The monoisotopic (exact) mass is 349 g/mol. The molecule has 0 aliphatic heterocycles. The molecular weight excluding hydrogens is 330 g/mol. The van der Waals surface area contributed by atoms with Crippen molar-refractivity contribution in [1.82, 2.24) is 15.4 Å². The van der Waals surface area contributed by atoms with Crippen molar-refractivity contribution in [2.24, 2.45) is 0 Å². The highest BCUT2D eigenvalue weighted by Gasteiger charge is 2.29. The van der Waals surface area contributed by atoms with E-state index in [2.05, 4.69) is 83.9 Å². The fourth-order valence-corrected chi connectivity index (χ4v) is 4.33. The highest BCUT2D eigenvalue weighted by molar-refractivity contribution is 5.97. The van der Waals surface area contributed by atoms with E-state index in [0.29, 0.717) is 0 Å². The van der Waals surface area contributed by atoms with Gasteiger partial charge in [-0.05, 0) is 76.1 Å². The number of hydrogen-bond acceptors (Lipinski definition) is 3. The van der Waals surface area contributed by atoms with E-state index in [9.17, 15) is 0 Å². The Kier molecular flexibility index (Phi) is 3.61. The number of hydrogen-bond donors (Lipinski definition) is 0. The van der Waals surface area contributed by atoms with Gasteiger partial charge in [0.05, 0.1) is 11.9 Å². The van der Waals surface area contributed by atoms with Gasteiger partial charge in [-0.25, -0.2) is 0 Å². The first kappa shape index (κ1) is 15.9. The molecule has 3 heteroatoms. The van der Waals surface area contributed by atoms with Crippen LogP contribution < -0.4 is 0 Å². The van der Waals surface area contributed by atoms with Gasteiger partial charge in [0.2, 0.25) is 0 Å². The molecule has 0 spiro atoms. The molecule has 1 aliphatic carbocycles. The molecule has 5 rings (SSSR count). The van der Waals surface area contributed by atoms with Crippen molar-refractivity contribution in [2.75, 3.05) is 0 Å². The van der Waals surface area contributed by atoms with E-state index < -0.39 is 0 Å². The summed E-state index contributed by atoms with van der Waals surface area (Å²) in [5.74, 6) is 0. The summed E-state index contributed by atoms with van der Waals surface area (Å²) in [4.78, 5) is 0. The standard InChI is InChI=1S/C24H19N3/c1-15-16(2)23(21-12-13-25-27-26-21)20-14-18-10-6-7-11-19(18)24(20)22(15)17-8-4-3-5-9-17/h3-13H,14H2,1-2H3. The van der Waals surface area contributed by atoms with Gasteiger partial charge >= 0.3 is 0 Å². The Bertz CT molecular complexity index is 1150. The van der Waals surface area contributed by atoms with Gasteiger partial charge in [0, 0.05) is 5.56 Å². The van der Waals surface area contributed by atoms with E-state index in [0.717, 1.165) is 12.1 Å². The third kappa shape index (κ3) is 2.39. The van der Waals surface area contributed by atoms with E-state index >= 15 is 0 Å². The summed E-state index contributed by atoms with van der Waals surface area (Å²) in [6.45, 7) is 4.42. The normalized spacial score (nSPS) is 11.9. The molecule has 1 heterocycles. The van der Waals surface area contributed by atoms with Crippen molar-refractivity contribution in [3.8, 4) is 33.5 Å². The Hall–Kier alpha value is -3.33. The second kappa shape index (κ2) is 6.13. The van der Waals surface area contributed by atoms with Gasteiger partial charge in [0.15, 0.2) is 0 Å². The summed E-state index contributed by atoms with van der Waals surface area (Å²) in [5.41, 5.74) is 12.6. The Balaban J connectivity index is 1.91. The fraction of sp³-hybridized carbons (Fsp3) is 0.125. The third-order valence-corrected chi connectivity index (χ3v) is 5.64. The van der Waals surface area contributed by atoms with Crippen molar-refractivity contribution in [3.05, 3.63) is 89.1 Å². The molecule has 130 valence electrons. The lowest BCUT2D eigenvalue weighted by atomic mass is 9.83. The molecule has 4 aromatic rings. The zero-order valence-electron chi connectivity index (χ0n) is 15.4. The second-order valence-corrected chi connectivity index (χ2v) is 7.06. The lowest BCUT2D eigenvalue weighted by molar-refractivity contribution is 0.869. The lowest BCUT2D eigenvalue weighted by Gasteiger charge is -2.20. The molecule has 0 saturated carbocycles. The van der Waals surface area contributed by atoms with Crippen LogP contribution in [0.25, 0.3) is 33.5 Å². The topological polar surface area (TPSA) is 38.7 Å². The van der Waals surface area contributed by atoms with E-state index in [1.54, 1.807) is 6.20 Å². The maximum Gasteiger partial charge on any atom is 0.0969 e. The molecule has 27 heavy (non-hydrogen) atoms. The van der Waals surface area contributed by atoms with Crippen LogP contribution >= 0.6 is 0 Å². The molecule has 1 aliphatic rings. The minimum absolute atomic E-state index is 0.897. The van der Waals surface area contributed by atoms with Gasteiger partial charge in [-0.1, -0.05) is 54.6 Å². The van der Waals surface area contributed by atoms with Crippen LogP contribution in [-0.2, 0) is 6.42 Å². The quantitative estimate of drug-likeness (QED) is 0.429. The van der Waals surface area contributed by atoms with Gasteiger partial charge in [0.25, 0.3) is 0 Å². The number of aromatic nitrogens is 3. The number of rotatable bonds is 2. The lowest BCUT2D eigenvalue weighted by Crippen LogP contribution is -2.01. The van der Waals surface area contributed by atoms with E-state index in [1.807, 2.05) is 6.07 Å². The highest BCUT2D eigenvalue weighted by atomic mass is 15.3. The van der Waals surface area contributed by atoms with Gasteiger partial charge in [0.1, 0.15) is 0 Å². The van der Waals surface area contributed by atoms with Crippen LogP contribution in [0.2, 0.25) is 0 Å². The van der Waals surface area contributed by atoms with Crippen LogP contribution in [0.1, 0.15) is 22.3 Å². The average Bonchev–Trinajstić information content (AvgIpc) is 3.09. The first-order chi connectivity index (χ1) is 13.3. The molecule has 0 saturated heterocycles. The minimum Gasteiger partial charge on any atom is -0.139 e. The van der Waals surface area contributed by atoms with Crippen molar-refractivity contribution in [3.63, 3.8) is 0 Å². The number of benzene rings is 3. The van der Waals surface area contributed by atoms with Crippen molar-refractivity contribution in [2.45, 2.75) is 20.3 Å². The van der Waals surface area contributed by atoms with Crippen LogP contribution in [0, 0.1) is 13.8 Å². The molecule has 0 unspecified atom stereocenters. The average molecular weight is 349 g/mol. The molecule has 0 radical (unpaired) electrons. The van der Waals surface area contributed by atoms with E-state index in [1.165, 1.54) is 50.1 Å². The predicted octanol–water partition coefficient (Wildman–Crippen LogP) is 5.39. The number of fused-ring (bicyclic) bond motifs is 3. The minimum atomic E-state index is 0.897. The summed E-state index contributed by atoms with van der Waals surface area (Å²) in [6, 6.07) is 21.4. The zero-order valence-corrected chi connectivity index (χ0v) is 15.4. The molecule has 0 fully saturated rings. The summed E-state index contributed by atoms with van der Waals surface area (Å²) >= 11 is 0. The van der Waals surface area contributed by atoms with Crippen LogP contribution in [0.5, 0.6) is 0 Å². The van der Waals surface area contributed by atoms with E-state index in [4.69, 9.17) is 0 Å². The van der Waals surface area contributed by atoms with Gasteiger partial charge in [-0.15, -0.1) is 10.2 Å². The maximum atomic E-state index is 4.33. The first-order valence-electron chi connectivity index (χ1n) is 9.20. The van der Waals surface area contributed by atoms with Crippen molar-refractivity contribution >= 4 is 0 Å². The zero-order chi connectivity index (χ0) is 18.4. The van der Waals surface area contributed by atoms with Crippen molar-refractivity contribution in [1.29, 1.82) is 0 Å².